The molecule has 0 heterocycles. The molecule has 4 aromatic rings. The number of unbranched alkanes of at least 4 members (excludes halogenated alkanes) is 6. The zero-order valence-corrected chi connectivity index (χ0v) is 31.7. The number of hydrogen-bond acceptors (Lipinski definition) is 9. The number of benzene rings is 4. The zero-order valence-electron chi connectivity index (χ0n) is 27.8. The van der Waals surface area contributed by atoms with Crippen molar-refractivity contribution in [2.24, 2.45) is 0 Å². The maximum absolute atomic E-state index is 11.8. The van der Waals surface area contributed by atoms with Crippen molar-refractivity contribution in [3.63, 3.8) is 0 Å². The van der Waals surface area contributed by atoms with Crippen LogP contribution in [0.3, 0.4) is 0 Å². The average Bonchev–Trinajstić information content (AvgIpc) is 3.04. The molecular weight excluding hydrogens is 697 g/mol. The summed E-state index contributed by atoms with van der Waals surface area (Å²) in [7, 11) is -8.95. The molecule has 4 aromatic carbocycles. The molecule has 0 amide bonds. The molecule has 0 aliphatic carbocycles. The molecule has 0 fully saturated rings. The molecule has 0 saturated heterocycles. The summed E-state index contributed by atoms with van der Waals surface area (Å²) in [6, 6.07) is 21.4. The summed E-state index contributed by atoms with van der Waals surface area (Å²) in [4.78, 5) is -0.424. The molecule has 0 atom stereocenters. The van der Waals surface area contributed by atoms with Crippen LogP contribution in [-0.2, 0) is 33.1 Å². The minimum Gasteiger partial charge on any atom is -0.870 e. The fraction of sp³-hybridized carbons (Fsp3) is 0.333. The molecule has 0 aliphatic heterocycles. The van der Waals surface area contributed by atoms with Gasteiger partial charge in [0.15, 0.2) is 11.5 Å². The second-order valence-electron chi connectivity index (χ2n) is 11.1. The molecule has 2 N–H and O–H groups in total. The van der Waals surface area contributed by atoms with E-state index in [1.165, 1.54) is 42.5 Å². The van der Waals surface area contributed by atoms with Gasteiger partial charge in [-0.25, -0.2) is 8.42 Å². The van der Waals surface area contributed by atoms with Crippen LogP contribution in [0.25, 0.3) is 0 Å². The molecule has 0 bridgehead atoms. The Hall–Kier alpha value is -2.84. The van der Waals surface area contributed by atoms with Gasteiger partial charge in [0.25, 0.3) is 10.1 Å². The van der Waals surface area contributed by atoms with Crippen LogP contribution in [-0.4, -0.2) is 68.8 Å². The van der Waals surface area contributed by atoms with Crippen LogP contribution in [0.1, 0.15) is 76.3 Å². The third-order valence-electron chi connectivity index (χ3n) is 7.44. The summed E-state index contributed by atoms with van der Waals surface area (Å²) in [5.41, 5.74) is 0.770. The molecule has 0 spiro atoms. The number of rotatable bonds is 16. The Labute approximate surface area is 319 Å². The second-order valence-corrected chi connectivity index (χ2v) is 13.9. The molecule has 0 unspecified atom stereocenters. The Kier molecular flexibility index (Phi) is 17.9. The molecule has 0 saturated carbocycles. The topological polar surface area (TPSA) is 173 Å². The Morgan fingerprint density at radius 1 is 0.592 bits per heavy atom. The summed E-state index contributed by atoms with van der Waals surface area (Å²) in [5.74, 6) is 0.568. The monoisotopic (exact) mass is 738 g/mol. The quantitative estimate of drug-likeness (QED) is 0.0657. The van der Waals surface area contributed by atoms with Crippen LogP contribution < -0.4 is 14.6 Å². The van der Waals surface area contributed by atoms with Crippen molar-refractivity contribution >= 4 is 58.0 Å². The van der Waals surface area contributed by atoms with Crippen LogP contribution in [0.4, 0.5) is 0 Å². The van der Waals surface area contributed by atoms with Gasteiger partial charge in [-0.2, -0.15) is 8.42 Å². The number of aromatic hydroxyl groups is 1. The minimum atomic E-state index is -4.61. The van der Waals surface area contributed by atoms with Gasteiger partial charge in [-0.05, 0) is 68.1 Å². The molecule has 0 aliphatic rings. The van der Waals surface area contributed by atoms with Crippen molar-refractivity contribution < 1.29 is 45.6 Å². The van der Waals surface area contributed by atoms with Gasteiger partial charge in [0, 0.05) is 11.1 Å². The fourth-order valence-electron chi connectivity index (χ4n) is 5.02. The van der Waals surface area contributed by atoms with Crippen LogP contribution >= 0.6 is 0 Å². The standard InChI is InChI=1S/2C18H22O5S.Ca/c2*1-2-3-4-5-9-14-16(12-8-13-18(14)24(20,21)22)23-17-11-7-6-10-15(17)19;/h2*6-8,10-13,19H,2-5,9H2,1H3,(H,20,21,22);/q;;+2/p-2. The number of hydrogen-bond donors (Lipinski definition) is 2. The van der Waals surface area contributed by atoms with Crippen LogP contribution in [0.15, 0.2) is 94.7 Å². The van der Waals surface area contributed by atoms with E-state index in [9.17, 15) is 36.2 Å². The number of phenols is 1. The first kappa shape index (κ1) is 42.3. The first-order valence-electron chi connectivity index (χ1n) is 15.9. The van der Waals surface area contributed by atoms with E-state index in [2.05, 4.69) is 13.8 Å². The second kappa shape index (κ2) is 20.7. The third kappa shape index (κ3) is 13.4. The minimum absolute atomic E-state index is 0. The summed E-state index contributed by atoms with van der Waals surface area (Å²) in [6.07, 6.45) is 8.53. The van der Waals surface area contributed by atoms with Gasteiger partial charge < -0.3 is 24.2 Å². The number of ether oxygens (including phenoxy) is 2. The smallest absolute Gasteiger partial charge is 0.870 e. The van der Waals surface area contributed by atoms with Gasteiger partial charge >= 0.3 is 37.7 Å². The average molecular weight is 739 g/mol. The largest absolute Gasteiger partial charge is 2.00 e. The van der Waals surface area contributed by atoms with Gasteiger partial charge in [-0.1, -0.05) is 101 Å². The third-order valence-corrected chi connectivity index (χ3v) is 9.30. The molecule has 0 aromatic heterocycles. The summed E-state index contributed by atoms with van der Waals surface area (Å²) >= 11 is 0. The molecule has 0 radical (unpaired) electrons. The number of phenolic OH excluding ortho intramolecular Hbond substituents is 1. The van der Waals surface area contributed by atoms with E-state index in [-0.39, 0.29) is 76.3 Å². The molecule has 13 heteroatoms. The molecular formula is C36H42CaO10S2. The summed E-state index contributed by atoms with van der Waals surface area (Å²) in [5, 5.41) is 21.7. The van der Waals surface area contributed by atoms with Crippen molar-refractivity contribution in [2.75, 3.05) is 0 Å². The van der Waals surface area contributed by atoms with Gasteiger partial charge in [-0.15, -0.1) is 0 Å². The predicted molar refractivity (Wildman–Crippen MR) is 186 cm³/mol. The maximum Gasteiger partial charge on any atom is 2.00 e. The van der Waals surface area contributed by atoms with E-state index in [4.69, 9.17) is 9.47 Å². The zero-order chi connectivity index (χ0) is 35.2. The van der Waals surface area contributed by atoms with Crippen LogP contribution in [0.2, 0.25) is 0 Å². The van der Waals surface area contributed by atoms with Gasteiger partial charge in [0.05, 0.1) is 4.90 Å². The first-order valence-corrected chi connectivity index (χ1v) is 18.8. The SMILES string of the molecule is CCCCCCc1c(Oc2ccccc2O)cccc1S(=O)(=O)O.CCCCCCc1c(Oc2ccccc2[O-])cccc1S(=O)(=O)[O-].[Ca+2]. The van der Waals surface area contributed by atoms with Gasteiger partial charge in [0.2, 0.25) is 0 Å². The Balaban J connectivity index is 0.000000333. The van der Waals surface area contributed by atoms with Crippen molar-refractivity contribution in [1.82, 2.24) is 0 Å². The predicted octanol–water partition coefficient (Wildman–Crippen LogP) is 7.75. The van der Waals surface area contributed by atoms with Crippen molar-refractivity contribution in [3.05, 3.63) is 96.1 Å². The van der Waals surface area contributed by atoms with E-state index < -0.39 is 20.2 Å². The Morgan fingerprint density at radius 2 is 1.04 bits per heavy atom. The van der Waals surface area contributed by atoms with E-state index in [0.717, 1.165) is 51.4 Å². The molecule has 49 heavy (non-hydrogen) atoms. The van der Waals surface area contributed by atoms with Crippen LogP contribution in [0.5, 0.6) is 34.5 Å². The van der Waals surface area contributed by atoms with E-state index in [1.807, 2.05) is 0 Å². The number of para-hydroxylation sites is 4. The Morgan fingerprint density at radius 3 is 1.53 bits per heavy atom. The van der Waals surface area contributed by atoms with E-state index in [0.29, 0.717) is 29.7 Å². The van der Waals surface area contributed by atoms with Crippen molar-refractivity contribution in [2.45, 2.75) is 87.8 Å². The van der Waals surface area contributed by atoms with Crippen LogP contribution in [0, 0.1) is 0 Å². The van der Waals surface area contributed by atoms with Crippen molar-refractivity contribution in [1.29, 1.82) is 0 Å². The molecule has 260 valence electrons. The maximum atomic E-state index is 11.8. The fourth-order valence-corrected chi connectivity index (χ4v) is 6.54. The Bertz CT molecular complexity index is 1710. The summed E-state index contributed by atoms with van der Waals surface area (Å²) in [6.45, 7) is 4.18. The normalized spacial score (nSPS) is 11.2. The first-order chi connectivity index (χ1) is 22.9. The van der Waals surface area contributed by atoms with Crippen molar-refractivity contribution in [3.8, 4) is 34.5 Å². The molecule has 10 nitrogen and oxygen atoms in total. The van der Waals surface area contributed by atoms with Gasteiger partial charge in [0.1, 0.15) is 32.3 Å². The molecule has 4 rings (SSSR count). The van der Waals surface area contributed by atoms with E-state index in [1.54, 1.807) is 42.5 Å². The van der Waals surface area contributed by atoms with E-state index >= 15 is 0 Å². The summed E-state index contributed by atoms with van der Waals surface area (Å²) < 4.78 is 78.8. The van der Waals surface area contributed by atoms with Gasteiger partial charge in [-0.3, -0.25) is 4.55 Å².